The highest BCUT2D eigenvalue weighted by Gasteiger charge is 2.25. The van der Waals surface area contributed by atoms with Crippen molar-refractivity contribution in [2.24, 2.45) is 0 Å². The molecule has 1 heterocycles. The van der Waals surface area contributed by atoms with Crippen LogP contribution in [0.3, 0.4) is 0 Å². The highest BCUT2D eigenvalue weighted by molar-refractivity contribution is 5.49. The topological polar surface area (TPSA) is 45.0 Å². The van der Waals surface area contributed by atoms with Crippen LogP contribution < -0.4 is 10.1 Å². The first-order valence-corrected chi connectivity index (χ1v) is 7.14. The van der Waals surface area contributed by atoms with Gasteiger partial charge in [-0.05, 0) is 42.7 Å². The third-order valence-electron chi connectivity index (χ3n) is 4.11. The van der Waals surface area contributed by atoms with Crippen molar-refractivity contribution in [2.75, 3.05) is 6.61 Å². The Labute approximate surface area is 125 Å². The normalized spacial score (nSPS) is 16.1. The molecule has 0 amide bonds. The Hall–Kier alpha value is -2.31. The van der Waals surface area contributed by atoms with Gasteiger partial charge in [0, 0.05) is 12.1 Å². The van der Waals surface area contributed by atoms with E-state index in [2.05, 4.69) is 37.4 Å². The van der Waals surface area contributed by atoms with Crippen molar-refractivity contribution in [1.29, 1.82) is 5.26 Å². The third kappa shape index (κ3) is 2.63. The summed E-state index contributed by atoms with van der Waals surface area (Å²) in [6.45, 7) is 5.66. The molecule has 0 saturated heterocycles. The summed E-state index contributed by atoms with van der Waals surface area (Å²) >= 11 is 0. The molecule has 21 heavy (non-hydrogen) atoms. The molecule has 1 atom stereocenters. The number of hydrogen-bond donors (Lipinski definition) is 1. The number of fused-ring (bicyclic) bond motifs is 1. The molecule has 0 saturated carbocycles. The van der Waals surface area contributed by atoms with Gasteiger partial charge in [-0.15, -0.1) is 0 Å². The lowest BCUT2D eigenvalue weighted by atomic mass is 10.0. The van der Waals surface area contributed by atoms with E-state index in [9.17, 15) is 0 Å². The largest absolute Gasteiger partial charge is 0.491 e. The van der Waals surface area contributed by atoms with Crippen LogP contribution in [0.5, 0.6) is 5.75 Å². The number of ether oxygens (including phenoxy) is 1. The number of rotatable bonds is 3. The molecule has 0 radical (unpaired) electrons. The van der Waals surface area contributed by atoms with Gasteiger partial charge in [0.05, 0.1) is 17.7 Å². The van der Waals surface area contributed by atoms with Gasteiger partial charge in [0.15, 0.2) is 0 Å². The zero-order valence-electron chi connectivity index (χ0n) is 12.3. The molecule has 2 aromatic carbocycles. The Bertz CT molecular complexity index is 698. The van der Waals surface area contributed by atoms with Crippen molar-refractivity contribution < 1.29 is 4.74 Å². The molecule has 0 aromatic heterocycles. The highest BCUT2D eigenvalue weighted by Crippen LogP contribution is 2.36. The molecule has 1 aliphatic heterocycles. The molecule has 3 nitrogen and oxygen atoms in total. The molecule has 0 fully saturated rings. The van der Waals surface area contributed by atoms with Gasteiger partial charge in [0.1, 0.15) is 12.4 Å². The molecule has 1 unspecified atom stereocenters. The number of nitrogens with zero attached hydrogens (tertiary/aromatic N) is 1. The molecule has 0 bridgehead atoms. The van der Waals surface area contributed by atoms with Gasteiger partial charge in [-0.25, -0.2) is 0 Å². The summed E-state index contributed by atoms with van der Waals surface area (Å²) in [5.41, 5.74) is 5.61. The molecule has 3 rings (SSSR count). The molecule has 0 spiro atoms. The van der Waals surface area contributed by atoms with Gasteiger partial charge in [-0.1, -0.05) is 24.3 Å². The molecule has 0 aliphatic carbocycles. The summed E-state index contributed by atoms with van der Waals surface area (Å²) in [7, 11) is 0. The summed E-state index contributed by atoms with van der Waals surface area (Å²) in [6.07, 6.45) is 0. The minimum atomic E-state index is 0.231. The number of benzene rings is 2. The SMILES string of the molecule is Cc1ccc2c(c1C)OCC2NCc1ccc(C#N)cc1. The predicted octanol–water partition coefficient (Wildman–Crippen LogP) is 3.40. The van der Waals surface area contributed by atoms with E-state index in [0.717, 1.165) is 12.3 Å². The third-order valence-corrected chi connectivity index (χ3v) is 4.11. The Morgan fingerprint density at radius 3 is 2.67 bits per heavy atom. The van der Waals surface area contributed by atoms with Crippen molar-refractivity contribution in [3.8, 4) is 11.8 Å². The molecule has 1 aliphatic rings. The van der Waals surface area contributed by atoms with Crippen LogP contribution >= 0.6 is 0 Å². The standard InChI is InChI=1S/C18H18N2O/c1-12-3-8-16-17(11-21-18(16)13(12)2)20-10-15-6-4-14(9-19)5-7-15/h3-8,17,20H,10-11H2,1-2H3. The average molecular weight is 278 g/mol. The smallest absolute Gasteiger partial charge is 0.127 e. The van der Waals surface area contributed by atoms with E-state index in [4.69, 9.17) is 10.00 Å². The van der Waals surface area contributed by atoms with Gasteiger partial charge in [0.2, 0.25) is 0 Å². The number of hydrogen-bond acceptors (Lipinski definition) is 3. The Morgan fingerprint density at radius 1 is 1.19 bits per heavy atom. The van der Waals surface area contributed by atoms with Crippen LogP contribution in [0.25, 0.3) is 0 Å². The minimum Gasteiger partial charge on any atom is -0.491 e. The zero-order chi connectivity index (χ0) is 14.8. The van der Waals surface area contributed by atoms with Gasteiger partial charge in [0.25, 0.3) is 0 Å². The summed E-state index contributed by atoms with van der Waals surface area (Å²) < 4.78 is 5.84. The summed E-state index contributed by atoms with van der Waals surface area (Å²) in [5, 5.41) is 12.3. The van der Waals surface area contributed by atoms with E-state index in [1.807, 2.05) is 24.3 Å². The zero-order valence-corrected chi connectivity index (χ0v) is 12.3. The molecule has 1 N–H and O–H groups in total. The lowest BCUT2D eigenvalue weighted by molar-refractivity contribution is 0.309. The first-order chi connectivity index (χ1) is 10.2. The fraction of sp³-hybridized carbons (Fsp3) is 0.278. The van der Waals surface area contributed by atoms with E-state index >= 15 is 0 Å². The quantitative estimate of drug-likeness (QED) is 0.936. The minimum absolute atomic E-state index is 0.231. The van der Waals surface area contributed by atoms with Crippen molar-refractivity contribution >= 4 is 0 Å². The van der Waals surface area contributed by atoms with Crippen molar-refractivity contribution in [3.05, 3.63) is 64.2 Å². The average Bonchev–Trinajstić information content (AvgIpc) is 2.93. The molecule has 106 valence electrons. The van der Waals surface area contributed by atoms with E-state index < -0.39 is 0 Å². The van der Waals surface area contributed by atoms with Crippen LogP contribution in [-0.4, -0.2) is 6.61 Å². The monoisotopic (exact) mass is 278 g/mol. The highest BCUT2D eigenvalue weighted by atomic mass is 16.5. The second kappa shape index (κ2) is 5.59. The first-order valence-electron chi connectivity index (χ1n) is 7.14. The number of aryl methyl sites for hydroxylation is 1. The molecule has 3 heteroatoms. The summed E-state index contributed by atoms with van der Waals surface area (Å²) in [5.74, 6) is 1.03. The van der Waals surface area contributed by atoms with Crippen molar-refractivity contribution in [2.45, 2.75) is 26.4 Å². The van der Waals surface area contributed by atoms with Gasteiger partial charge >= 0.3 is 0 Å². The maximum absolute atomic E-state index is 8.81. The fourth-order valence-electron chi connectivity index (χ4n) is 2.64. The van der Waals surface area contributed by atoms with Crippen LogP contribution in [0.4, 0.5) is 0 Å². The maximum atomic E-state index is 8.81. The second-order valence-electron chi connectivity index (χ2n) is 5.48. The fourth-order valence-corrected chi connectivity index (χ4v) is 2.64. The van der Waals surface area contributed by atoms with E-state index in [1.165, 1.54) is 22.3 Å². The van der Waals surface area contributed by atoms with Crippen LogP contribution in [0.2, 0.25) is 0 Å². The lowest BCUT2D eigenvalue weighted by Crippen LogP contribution is -2.21. The molecular formula is C18H18N2O. The van der Waals surface area contributed by atoms with E-state index in [1.54, 1.807) is 0 Å². The van der Waals surface area contributed by atoms with Crippen molar-refractivity contribution in [3.63, 3.8) is 0 Å². The van der Waals surface area contributed by atoms with Crippen LogP contribution in [0.1, 0.15) is 33.9 Å². The van der Waals surface area contributed by atoms with Gasteiger partial charge < -0.3 is 10.1 Å². The van der Waals surface area contributed by atoms with Crippen LogP contribution in [-0.2, 0) is 6.54 Å². The number of nitrogens with one attached hydrogen (secondary N) is 1. The Morgan fingerprint density at radius 2 is 1.95 bits per heavy atom. The van der Waals surface area contributed by atoms with Gasteiger partial charge in [-0.3, -0.25) is 0 Å². The maximum Gasteiger partial charge on any atom is 0.127 e. The van der Waals surface area contributed by atoms with Crippen LogP contribution in [0, 0.1) is 25.2 Å². The Kier molecular flexibility index (Phi) is 3.64. The Balaban J connectivity index is 1.71. The lowest BCUT2D eigenvalue weighted by Gasteiger charge is -2.12. The number of nitriles is 1. The predicted molar refractivity (Wildman–Crippen MR) is 82.1 cm³/mol. The first kappa shape index (κ1) is 13.7. The van der Waals surface area contributed by atoms with E-state index in [0.29, 0.717) is 12.2 Å². The van der Waals surface area contributed by atoms with Crippen LogP contribution in [0.15, 0.2) is 36.4 Å². The van der Waals surface area contributed by atoms with E-state index in [-0.39, 0.29) is 6.04 Å². The molecule has 2 aromatic rings. The summed E-state index contributed by atoms with van der Waals surface area (Å²) in [4.78, 5) is 0. The molecular weight excluding hydrogens is 260 g/mol. The summed E-state index contributed by atoms with van der Waals surface area (Å²) in [6, 6.07) is 14.4. The van der Waals surface area contributed by atoms with Gasteiger partial charge in [-0.2, -0.15) is 5.26 Å². The second-order valence-corrected chi connectivity index (χ2v) is 5.48. The van der Waals surface area contributed by atoms with Crippen molar-refractivity contribution in [1.82, 2.24) is 5.32 Å².